The highest BCUT2D eigenvalue weighted by Crippen LogP contribution is 2.24. The van der Waals surface area contributed by atoms with Gasteiger partial charge in [0.15, 0.2) is 0 Å². The Balaban J connectivity index is 2.96. The van der Waals surface area contributed by atoms with Crippen molar-refractivity contribution in [2.45, 2.75) is 18.9 Å². The standard InChI is InChI=1S/C13H14N2O8/c1-23-10-6-7(15(21)22)2-3-8(10)12(18)14-9(13(19)20)4-5-11(16)17/h2-3,6,9H,4-5H2,1H3,(H,14,18)(H,16,17)(H,19,20)/t9-/m1/s1. The van der Waals surface area contributed by atoms with Crippen LogP contribution in [0.4, 0.5) is 5.69 Å². The molecule has 0 aliphatic heterocycles. The number of methoxy groups -OCH3 is 1. The first-order chi connectivity index (χ1) is 10.8. The molecule has 0 unspecified atom stereocenters. The second-order valence-electron chi connectivity index (χ2n) is 4.44. The van der Waals surface area contributed by atoms with Crippen LogP contribution in [0.25, 0.3) is 0 Å². The zero-order valence-corrected chi connectivity index (χ0v) is 12.0. The number of ether oxygens (including phenoxy) is 1. The number of hydrogen-bond donors (Lipinski definition) is 3. The van der Waals surface area contributed by atoms with Gasteiger partial charge in [-0.15, -0.1) is 0 Å². The van der Waals surface area contributed by atoms with E-state index in [1.165, 1.54) is 7.11 Å². The van der Waals surface area contributed by atoms with E-state index in [9.17, 15) is 24.5 Å². The maximum Gasteiger partial charge on any atom is 0.326 e. The minimum Gasteiger partial charge on any atom is -0.496 e. The summed E-state index contributed by atoms with van der Waals surface area (Å²) in [4.78, 5) is 43.6. The van der Waals surface area contributed by atoms with E-state index in [0.29, 0.717) is 0 Å². The molecule has 0 aromatic heterocycles. The van der Waals surface area contributed by atoms with Crippen molar-refractivity contribution in [2.75, 3.05) is 7.11 Å². The van der Waals surface area contributed by atoms with Gasteiger partial charge in [-0.3, -0.25) is 19.7 Å². The van der Waals surface area contributed by atoms with Gasteiger partial charge in [-0.05, 0) is 12.5 Å². The van der Waals surface area contributed by atoms with E-state index in [4.69, 9.17) is 14.9 Å². The second-order valence-corrected chi connectivity index (χ2v) is 4.44. The predicted molar refractivity (Wildman–Crippen MR) is 75.4 cm³/mol. The van der Waals surface area contributed by atoms with Crippen LogP contribution in [0.3, 0.4) is 0 Å². The van der Waals surface area contributed by atoms with Crippen molar-refractivity contribution in [1.29, 1.82) is 0 Å². The number of carbonyl (C=O) groups is 3. The summed E-state index contributed by atoms with van der Waals surface area (Å²) in [6, 6.07) is 1.83. The van der Waals surface area contributed by atoms with E-state index >= 15 is 0 Å². The molecule has 0 heterocycles. The van der Waals surface area contributed by atoms with Crippen LogP contribution in [-0.4, -0.2) is 46.1 Å². The maximum atomic E-state index is 12.1. The number of nitro groups is 1. The Hall–Kier alpha value is -3.17. The number of carboxylic acids is 2. The zero-order chi connectivity index (χ0) is 17.6. The molecule has 1 aromatic carbocycles. The highest BCUT2D eigenvalue weighted by molar-refractivity contribution is 5.99. The van der Waals surface area contributed by atoms with Gasteiger partial charge < -0.3 is 20.3 Å². The zero-order valence-electron chi connectivity index (χ0n) is 12.0. The lowest BCUT2D eigenvalue weighted by atomic mass is 10.1. The lowest BCUT2D eigenvalue weighted by Crippen LogP contribution is -2.41. The second kappa shape index (κ2) is 7.73. The van der Waals surface area contributed by atoms with E-state index < -0.39 is 35.2 Å². The van der Waals surface area contributed by atoms with E-state index in [0.717, 1.165) is 18.2 Å². The van der Waals surface area contributed by atoms with Crippen molar-refractivity contribution in [1.82, 2.24) is 5.32 Å². The van der Waals surface area contributed by atoms with Gasteiger partial charge in [0.25, 0.3) is 11.6 Å². The summed E-state index contributed by atoms with van der Waals surface area (Å²) in [6.45, 7) is 0. The smallest absolute Gasteiger partial charge is 0.326 e. The molecule has 0 bridgehead atoms. The molecule has 0 aliphatic rings. The number of aliphatic carboxylic acids is 2. The number of nitrogens with one attached hydrogen (secondary N) is 1. The van der Waals surface area contributed by atoms with E-state index in [1.54, 1.807) is 0 Å². The molecule has 0 radical (unpaired) electrons. The van der Waals surface area contributed by atoms with Gasteiger partial charge in [0.05, 0.1) is 23.7 Å². The number of benzene rings is 1. The van der Waals surface area contributed by atoms with Gasteiger partial charge in [-0.1, -0.05) is 0 Å². The molecule has 1 atom stereocenters. The van der Waals surface area contributed by atoms with Crippen molar-refractivity contribution < 1.29 is 34.3 Å². The highest BCUT2D eigenvalue weighted by Gasteiger charge is 2.24. The van der Waals surface area contributed by atoms with Crippen molar-refractivity contribution in [3.63, 3.8) is 0 Å². The van der Waals surface area contributed by atoms with Crippen LogP contribution >= 0.6 is 0 Å². The van der Waals surface area contributed by atoms with Gasteiger partial charge in [0.1, 0.15) is 11.8 Å². The van der Waals surface area contributed by atoms with Crippen molar-refractivity contribution in [2.24, 2.45) is 0 Å². The molecular weight excluding hydrogens is 312 g/mol. The molecule has 1 aromatic rings. The molecule has 10 nitrogen and oxygen atoms in total. The van der Waals surface area contributed by atoms with Crippen molar-refractivity contribution in [3.05, 3.63) is 33.9 Å². The molecule has 1 rings (SSSR count). The largest absolute Gasteiger partial charge is 0.496 e. The quantitative estimate of drug-likeness (QED) is 0.464. The normalized spacial score (nSPS) is 11.3. The minimum atomic E-state index is -1.40. The number of non-ortho nitro benzene ring substituents is 1. The molecule has 3 N–H and O–H groups in total. The highest BCUT2D eigenvalue weighted by atomic mass is 16.6. The van der Waals surface area contributed by atoms with Crippen LogP contribution in [0, 0.1) is 10.1 Å². The van der Waals surface area contributed by atoms with Crippen molar-refractivity contribution >= 4 is 23.5 Å². The monoisotopic (exact) mass is 326 g/mol. The average Bonchev–Trinajstić information content (AvgIpc) is 2.49. The summed E-state index contributed by atoms with van der Waals surface area (Å²) in [5.41, 5.74) is -0.390. The molecule has 0 spiro atoms. The molecule has 0 saturated heterocycles. The number of nitrogens with zero attached hydrogens (tertiary/aromatic N) is 1. The van der Waals surface area contributed by atoms with Crippen LogP contribution in [0.5, 0.6) is 5.75 Å². The number of amides is 1. The third-order valence-corrected chi connectivity index (χ3v) is 2.89. The summed E-state index contributed by atoms with van der Waals surface area (Å²) in [5, 5.41) is 30.4. The number of carboxylic acid groups (broad SMARTS) is 2. The maximum absolute atomic E-state index is 12.1. The Morgan fingerprint density at radius 1 is 1.35 bits per heavy atom. The summed E-state index contributed by atoms with van der Waals surface area (Å²) in [5.74, 6) is -3.52. The molecule has 0 saturated carbocycles. The van der Waals surface area contributed by atoms with Crippen molar-refractivity contribution in [3.8, 4) is 5.75 Å². The van der Waals surface area contributed by atoms with Gasteiger partial charge in [0, 0.05) is 12.5 Å². The summed E-state index contributed by atoms with van der Waals surface area (Å²) in [6.07, 6.45) is -0.736. The Kier molecular flexibility index (Phi) is 6.01. The number of nitro benzene ring substituents is 1. The van der Waals surface area contributed by atoms with Gasteiger partial charge >= 0.3 is 11.9 Å². The first-order valence-corrected chi connectivity index (χ1v) is 6.34. The fourth-order valence-corrected chi connectivity index (χ4v) is 1.74. The first-order valence-electron chi connectivity index (χ1n) is 6.34. The number of hydrogen-bond acceptors (Lipinski definition) is 6. The Morgan fingerprint density at radius 3 is 2.48 bits per heavy atom. The number of rotatable bonds is 8. The average molecular weight is 326 g/mol. The Morgan fingerprint density at radius 2 is 2.00 bits per heavy atom. The van der Waals surface area contributed by atoms with Crippen LogP contribution in [-0.2, 0) is 9.59 Å². The molecule has 1 amide bonds. The van der Waals surface area contributed by atoms with Crippen LogP contribution in [0.1, 0.15) is 23.2 Å². The molecular formula is C13H14N2O8. The predicted octanol–water partition coefficient (Wildman–Crippen LogP) is 0.651. The summed E-state index contributed by atoms with van der Waals surface area (Å²) < 4.78 is 4.89. The third kappa shape index (κ3) is 4.95. The lowest BCUT2D eigenvalue weighted by Gasteiger charge is -2.15. The summed E-state index contributed by atoms with van der Waals surface area (Å²) in [7, 11) is 1.20. The molecule has 10 heteroatoms. The fraction of sp³-hybridized carbons (Fsp3) is 0.308. The lowest BCUT2D eigenvalue weighted by molar-refractivity contribution is -0.384. The van der Waals surface area contributed by atoms with E-state index in [1.807, 2.05) is 0 Å². The molecule has 0 aliphatic carbocycles. The van der Waals surface area contributed by atoms with Gasteiger partial charge in [-0.2, -0.15) is 0 Å². The topological polar surface area (TPSA) is 156 Å². The van der Waals surface area contributed by atoms with Gasteiger partial charge in [-0.25, -0.2) is 4.79 Å². The number of carbonyl (C=O) groups excluding carboxylic acids is 1. The molecule has 23 heavy (non-hydrogen) atoms. The van der Waals surface area contributed by atoms with E-state index in [-0.39, 0.29) is 23.4 Å². The van der Waals surface area contributed by atoms with Crippen LogP contribution in [0.15, 0.2) is 18.2 Å². The molecule has 124 valence electrons. The van der Waals surface area contributed by atoms with Crippen LogP contribution in [0.2, 0.25) is 0 Å². The minimum absolute atomic E-state index is 0.0975. The fourth-order valence-electron chi connectivity index (χ4n) is 1.74. The Bertz CT molecular complexity index is 643. The third-order valence-electron chi connectivity index (χ3n) is 2.89. The van der Waals surface area contributed by atoms with Crippen LogP contribution < -0.4 is 10.1 Å². The SMILES string of the molecule is COc1cc([N+](=O)[O-])ccc1C(=O)N[C@H](CCC(=O)O)C(=O)O. The van der Waals surface area contributed by atoms with E-state index in [2.05, 4.69) is 5.32 Å². The Labute approximate surface area is 129 Å². The molecule has 0 fully saturated rings. The summed E-state index contributed by atoms with van der Waals surface area (Å²) >= 11 is 0. The first kappa shape index (κ1) is 17.9. The van der Waals surface area contributed by atoms with Gasteiger partial charge in [0.2, 0.25) is 0 Å².